The molecule has 5 rings (SSSR count). The van der Waals surface area contributed by atoms with Crippen LogP contribution >= 0.6 is 11.3 Å². The zero-order valence-corrected chi connectivity index (χ0v) is 14.3. The molecule has 6 nitrogen and oxygen atoms in total. The van der Waals surface area contributed by atoms with E-state index in [0.29, 0.717) is 13.2 Å². The highest BCUT2D eigenvalue weighted by Crippen LogP contribution is 2.33. The van der Waals surface area contributed by atoms with Crippen LogP contribution in [0.4, 0.5) is 9.52 Å². The third-order valence-corrected chi connectivity index (χ3v) is 5.74. The number of hydrogen-bond donors (Lipinski definition) is 0. The molecule has 130 valence electrons. The van der Waals surface area contributed by atoms with E-state index in [1.807, 2.05) is 6.20 Å². The van der Waals surface area contributed by atoms with E-state index in [1.165, 1.54) is 12.1 Å². The summed E-state index contributed by atoms with van der Waals surface area (Å²) in [5.74, 6) is -0.248. The van der Waals surface area contributed by atoms with Crippen LogP contribution in [0.5, 0.6) is 0 Å². The lowest BCUT2D eigenvalue weighted by Crippen LogP contribution is -2.52. The summed E-state index contributed by atoms with van der Waals surface area (Å²) in [6.45, 7) is 3.72. The number of fused-ring (bicyclic) bond motifs is 1. The van der Waals surface area contributed by atoms with Gasteiger partial charge in [-0.05, 0) is 24.3 Å². The molecule has 2 aliphatic heterocycles. The molecule has 3 aromatic rings. The second-order valence-corrected chi connectivity index (χ2v) is 7.43. The van der Waals surface area contributed by atoms with Crippen molar-refractivity contribution in [2.75, 3.05) is 37.8 Å². The maximum absolute atomic E-state index is 13.1. The molecule has 0 saturated carbocycles. The number of ether oxygens (including phenoxy) is 2. The number of benzene rings is 1. The first kappa shape index (κ1) is 15.2. The number of morpholine rings is 1. The molecule has 8 heteroatoms. The monoisotopic (exact) mass is 360 g/mol. The van der Waals surface area contributed by atoms with Gasteiger partial charge >= 0.3 is 0 Å². The summed E-state index contributed by atoms with van der Waals surface area (Å²) in [5, 5.41) is 5.63. The van der Waals surface area contributed by atoms with E-state index in [-0.39, 0.29) is 11.4 Å². The van der Waals surface area contributed by atoms with Gasteiger partial charge in [0.15, 0.2) is 0 Å². The Morgan fingerprint density at radius 1 is 1.20 bits per heavy atom. The minimum absolute atomic E-state index is 0.189. The van der Waals surface area contributed by atoms with Gasteiger partial charge in [-0.15, -0.1) is 5.10 Å². The maximum atomic E-state index is 13.1. The highest BCUT2D eigenvalue weighted by atomic mass is 32.1. The summed E-state index contributed by atoms with van der Waals surface area (Å²) in [5.41, 5.74) is 1.49. The van der Waals surface area contributed by atoms with Gasteiger partial charge in [0.05, 0.1) is 31.6 Å². The first-order chi connectivity index (χ1) is 12.2. The lowest BCUT2D eigenvalue weighted by molar-refractivity contribution is -0.0579. The molecular formula is C17H17FN4O2S. The molecule has 1 unspecified atom stereocenters. The Bertz CT molecular complexity index is 870. The Morgan fingerprint density at radius 3 is 2.84 bits per heavy atom. The van der Waals surface area contributed by atoms with Gasteiger partial charge in [0.25, 0.3) is 0 Å². The summed E-state index contributed by atoms with van der Waals surface area (Å²) in [7, 11) is 0. The normalized spacial score (nSPS) is 23.8. The van der Waals surface area contributed by atoms with E-state index in [4.69, 9.17) is 9.47 Å². The van der Waals surface area contributed by atoms with Crippen molar-refractivity contribution in [1.29, 1.82) is 0 Å². The number of rotatable bonds is 2. The van der Waals surface area contributed by atoms with Crippen molar-refractivity contribution in [3.8, 4) is 11.3 Å². The topological polar surface area (TPSA) is 51.9 Å². The molecule has 1 spiro atoms. The number of aromatic nitrogens is 3. The van der Waals surface area contributed by atoms with Gasteiger partial charge in [0.1, 0.15) is 11.4 Å². The van der Waals surface area contributed by atoms with Crippen LogP contribution in [0.3, 0.4) is 0 Å². The Balaban J connectivity index is 1.41. The minimum atomic E-state index is -0.248. The smallest absolute Gasteiger partial charge is 0.214 e. The van der Waals surface area contributed by atoms with Crippen LogP contribution in [-0.2, 0) is 9.47 Å². The van der Waals surface area contributed by atoms with E-state index in [0.717, 1.165) is 47.5 Å². The van der Waals surface area contributed by atoms with Gasteiger partial charge in [0.2, 0.25) is 10.1 Å². The Labute approximate surface area is 147 Å². The van der Waals surface area contributed by atoms with Crippen LogP contribution in [0.1, 0.15) is 6.42 Å². The molecule has 25 heavy (non-hydrogen) atoms. The first-order valence-corrected chi connectivity index (χ1v) is 9.11. The van der Waals surface area contributed by atoms with Gasteiger partial charge in [-0.3, -0.25) is 0 Å². The molecular weight excluding hydrogens is 343 g/mol. The zero-order valence-electron chi connectivity index (χ0n) is 13.5. The number of hydrogen-bond acceptors (Lipinski definition) is 6. The summed E-state index contributed by atoms with van der Waals surface area (Å²) >= 11 is 1.56. The summed E-state index contributed by atoms with van der Waals surface area (Å²) in [4.78, 5) is 7.72. The van der Waals surface area contributed by atoms with Gasteiger partial charge in [-0.25, -0.2) is 13.9 Å². The van der Waals surface area contributed by atoms with Crippen molar-refractivity contribution in [2.45, 2.75) is 12.0 Å². The quantitative estimate of drug-likeness (QED) is 0.703. The molecule has 0 N–H and O–H groups in total. The molecule has 4 heterocycles. The SMILES string of the molecule is Fc1ccc(-c2cn3nc(N4CCOC5(CCOC5)C4)sc3n2)cc1. The fourth-order valence-corrected chi connectivity index (χ4v) is 4.32. The van der Waals surface area contributed by atoms with E-state index in [9.17, 15) is 4.39 Å². The molecule has 2 aromatic heterocycles. The molecule has 0 radical (unpaired) electrons. The maximum Gasteiger partial charge on any atom is 0.214 e. The predicted molar refractivity (Wildman–Crippen MR) is 92.6 cm³/mol. The van der Waals surface area contributed by atoms with Crippen molar-refractivity contribution in [1.82, 2.24) is 14.6 Å². The van der Waals surface area contributed by atoms with E-state index < -0.39 is 0 Å². The highest BCUT2D eigenvalue weighted by Gasteiger charge is 2.41. The fraction of sp³-hybridized carbons (Fsp3) is 0.412. The largest absolute Gasteiger partial charge is 0.378 e. The highest BCUT2D eigenvalue weighted by molar-refractivity contribution is 7.20. The molecule has 0 amide bonds. The molecule has 2 aliphatic rings. The average molecular weight is 360 g/mol. The van der Waals surface area contributed by atoms with E-state index >= 15 is 0 Å². The van der Waals surface area contributed by atoms with Crippen LogP contribution in [0.2, 0.25) is 0 Å². The molecule has 2 saturated heterocycles. The minimum Gasteiger partial charge on any atom is -0.378 e. The predicted octanol–water partition coefficient (Wildman–Crippen LogP) is 2.59. The average Bonchev–Trinajstić information content (AvgIpc) is 3.31. The summed E-state index contributed by atoms with van der Waals surface area (Å²) < 4.78 is 26.4. The Kier molecular flexibility index (Phi) is 3.51. The Hall–Kier alpha value is -2.03. The van der Waals surface area contributed by atoms with Crippen molar-refractivity contribution in [2.24, 2.45) is 0 Å². The van der Waals surface area contributed by atoms with Gasteiger partial charge in [-0.1, -0.05) is 11.3 Å². The number of imidazole rings is 1. The number of nitrogens with zero attached hydrogens (tertiary/aromatic N) is 4. The van der Waals surface area contributed by atoms with Crippen LogP contribution in [0, 0.1) is 5.82 Å². The third-order valence-electron chi connectivity index (χ3n) is 4.76. The molecule has 1 aromatic carbocycles. The van der Waals surface area contributed by atoms with Crippen molar-refractivity contribution in [3.05, 3.63) is 36.3 Å². The molecule has 1 atom stereocenters. The molecule has 0 aliphatic carbocycles. The van der Waals surface area contributed by atoms with E-state index in [1.54, 1.807) is 28.0 Å². The third kappa shape index (κ3) is 2.70. The van der Waals surface area contributed by atoms with Crippen molar-refractivity contribution in [3.63, 3.8) is 0 Å². The number of halogens is 1. The van der Waals surface area contributed by atoms with Gasteiger partial charge in [-0.2, -0.15) is 0 Å². The second kappa shape index (κ2) is 5.76. The summed E-state index contributed by atoms with van der Waals surface area (Å²) in [6.07, 6.45) is 2.82. The lowest BCUT2D eigenvalue weighted by Gasteiger charge is -2.39. The van der Waals surface area contributed by atoms with Crippen LogP contribution in [0.15, 0.2) is 30.5 Å². The van der Waals surface area contributed by atoms with Crippen molar-refractivity contribution >= 4 is 21.4 Å². The fourth-order valence-electron chi connectivity index (χ4n) is 3.41. The van der Waals surface area contributed by atoms with Crippen molar-refractivity contribution < 1.29 is 13.9 Å². The number of anilines is 1. The van der Waals surface area contributed by atoms with Crippen LogP contribution in [-0.4, -0.2) is 53.1 Å². The van der Waals surface area contributed by atoms with Gasteiger partial charge in [0, 0.05) is 25.1 Å². The van der Waals surface area contributed by atoms with Gasteiger partial charge < -0.3 is 14.4 Å². The van der Waals surface area contributed by atoms with E-state index in [2.05, 4.69) is 15.0 Å². The standard InChI is InChI=1S/C17H17FN4O2S/c18-13-3-1-12(2-4-13)14-9-22-15(19-14)25-16(20-22)21-6-8-24-17(10-21)5-7-23-11-17/h1-4,9H,5-8,10-11H2. The second-order valence-electron chi connectivity index (χ2n) is 6.50. The first-order valence-electron chi connectivity index (χ1n) is 8.30. The van der Waals surface area contributed by atoms with Crippen LogP contribution < -0.4 is 4.90 Å². The molecule has 0 bridgehead atoms. The molecule has 2 fully saturated rings. The zero-order chi connectivity index (χ0) is 16.9. The Morgan fingerprint density at radius 2 is 2.08 bits per heavy atom. The summed E-state index contributed by atoms with van der Waals surface area (Å²) in [6, 6.07) is 6.35. The van der Waals surface area contributed by atoms with Crippen LogP contribution in [0.25, 0.3) is 16.2 Å². The lowest BCUT2D eigenvalue weighted by atomic mass is 10.0.